The lowest BCUT2D eigenvalue weighted by Gasteiger charge is -2.28. The fraction of sp³-hybridized carbons (Fsp3) is 0.438. The highest BCUT2D eigenvalue weighted by Crippen LogP contribution is 2.26. The Balaban J connectivity index is 0.000000188. The van der Waals surface area contributed by atoms with Gasteiger partial charge >= 0.3 is 0 Å². The first kappa shape index (κ1) is 36.7. The molecule has 0 aliphatic carbocycles. The van der Waals surface area contributed by atoms with Crippen molar-refractivity contribution >= 4 is 88.4 Å². The first-order chi connectivity index (χ1) is 22.9. The maximum Gasteiger partial charge on any atom is 0.261 e. The number of ketones is 2. The first-order valence-electron chi connectivity index (χ1n) is 15.5. The number of halogens is 4. The van der Waals surface area contributed by atoms with Crippen molar-refractivity contribution in [1.29, 1.82) is 0 Å². The van der Waals surface area contributed by atoms with Gasteiger partial charge in [-0.3, -0.25) is 28.3 Å². The summed E-state index contributed by atoms with van der Waals surface area (Å²) in [5.74, 6) is -0.250. The third-order valence-electron chi connectivity index (χ3n) is 8.42. The fourth-order valence-corrected chi connectivity index (χ4v) is 6.81. The minimum Gasteiger partial charge on any atom is -0.391 e. The predicted octanol–water partition coefficient (Wildman–Crippen LogP) is 3.77. The van der Waals surface area contributed by atoms with E-state index in [-0.39, 0.29) is 60.7 Å². The molecule has 2 saturated heterocycles. The van der Waals surface area contributed by atoms with E-state index in [2.05, 4.69) is 52.5 Å². The van der Waals surface area contributed by atoms with E-state index in [0.29, 0.717) is 53.6 Å². The number of carbonyl (C=O) groups excluding carboxylic acids is 2. The van der Waals surface area contributed by atoms with E-state index in [1.54, 1.807) is 24.3 Å². The van der Waals surface area contributed by atoms with Crippen molar-refractivity contribution in [1.82, 2.24) is 29.7 Å². The number of rotatable bonds is 8. The van der Waals surface area contributed by atoms with E-state index in [1.807, 2.05) is 0 Å². The normalized spacial score (nSPS) is 21.1. The van der Waals surface area contributed by atoms with Gasteiger partial charge in [-0.15, -0.1) is 0 Å². The quantitative estimate of drug-likeness (QED) is 0.205. The first-order valence-corrected chi connectivity index (χ1v) is 17.8. The van der Waals surface area contributed by atoms with Crippen LogP contribution >= 0.6 is 55.1 Å². The Morgan fingerprint density at radius 2 is 1.15 bits per heavy atom. The van der Waals surface area contributed by atoms with Crippen molar-refractivity contribution in [2.24, 2.45) is 0 Å². The minimum atomic E-state index is -0.523. The summed E-state index contributed by atoms with van der Waals surface area (Å²) in [5.41, 5.74) is 0.425. The van der Waals surface area contributed by atoms with Crippen LogP contribution in [0, 0.1) is 0 Å². The number of hydrogen-bond donors (Lipinski definition) is 4. The summed E-state index contributed by atoms with van der Waals surface area (Å²) in [6, 6.07) is 5.94. The number of nitrogens with zero attached hydrogens (tertiary/aromatic N) is 4. The number of aliphatic hydroxyl groups is 2. The largest absolute Gasteiger partial charge is 0.391 e. The zero-order valence-corrected chi connectivity index (χ0v) is 30.4. The van der Waals surface area contributed by atoms with Crippen molar-refractivity contribution in [3.8, 4) is 0 Å². The number of Topliss-reactive ketones (excluding diaryl/α,β-unsaturated/α-hetero) is 2. The van der Waals surface area contributed by atoms with E-state index in [1.165, 1.54) is 21.8 Å². The van der Waals surface area contributed by atoms with Crippen molar-refractivity contribution in [3.63, 3.8) is 0 Å². The zero-order chi connectivity index (χ0) is 34.5. The Morgan fingerprint density at radius 1 is 0.750 bits per heavy atom. The molecule has 2 aliphatic rings. The van der Waals surface area contributed by atoms with Gasteiger partial charge in [0.25, 0.3) is 11.1 Å². The highest BCUT2D eigenvalue weighted by molar-refractivity contribution is 9.10. The van der Waals surface area contributed by atoms with Crippen LogP contribution in [-0.2, 0) is 22.7 Å². The summed E-state index contributed by atoms with van der Waals surface area (Å²) in [4.78, 5) is 58.0. The van der Waals surface area contributed by atoms with Crippen LogP contribution in [0.4, 0.5) is 0 Å². The summed E-state index contributed by atoms with van der Waals surface area (Å²) in [7, 11) is 0. The summed E-state index contributed by atoms with van der Waals surface area (Å²) in [6.45, 7) is 1.44. The molecule has 2 fully saturated rings. The van der Waals surface area contributed by atoms with Gasteiger partial charge in [-0.05, 0) is 94.9 Å². The minimum absolute atomic E-state index is 0.0691. The molecule has 6 rings (SSSR count). The zero-order valence-electron chi connectivity index (χ0n) is 25.7. The average Bonchev–Trinajstić information content (AvgIpc) is 3.05. The van der Waals surface area contributed by atoms with Gasteiger partial charge in [0, 0.05) is 33.9 Å². The molecule has 2 aromatic carbocycles. The van der Waals surface area contributed by atoms with Gasteiger partial charge in [-0.1, -0.05) is 23.2 Å². The van der Waals surface area contributed by atoms with Gasteiger partial charge in [-0.2, -0.15) is 0 Å². The molecule has 48 heavy (non-hydrogen) atoms. The van der Waals surface area contributed by atoms with Gasteiger partial charge in [0.2, 0.25) is 0 Å². The second-order valence-electron chi connectivity index (χ2n) is 11.9. The van der Waals surface area contributed by atoms with E-state index >= 15 is 0 Å². The standard InChI is InChI=1S/2C16H17BrClN3O3/c2*17-11-6-13-10(5-12(11)18)16(24)21(8-20-13)7-9(22)4-14-15(23)2-1-3-19-14/h2*5-6,8,14-15,19,23H,1-4,7H2/t14-,15?;14-,15+/m10/s1. The molecule has 256 valence electrons. The summed E-state index contributed by atoms with van der Waals surface area (Å²) >= 11 is 18.7. The molecule has 4 heterocycles. The molecule has 0 radical (unpaired) electrons. The molecular formula is C32H34Br2Cl2N6O6. The Bertz CT molecular complexity index is 1820. The highest BCUT2D eigenvalue weighted by atomic mass is 79.9. The third-order valence-corrected chi connectivity index (χ3v) is 10.8. The lowest BCUT2D eigenvalue weighted by molar-refractivity contribution is -0.121. The molecule has 2 aliphatic heterocycles. The number of benzene rings is 2. The Hall–Kier alpha value is -2.56. The lowest BCUT2D eigenvalue weighted by atomic mass is 9.97. The topological polar surface area (TPSA) is 168 Å². The molecule has 4 aromatic rings. The smallest absolute Gasteiger partial charge is 0.261 e. The van der Waals surface area contributed by atoms with E-state index in [9.17, 15) is 29.4 Å². The van der Waals surface area contributed by atoms with Gasteiger partial charge in [-0.25, -0.2) is 9.97 Å². The maximum absolute atomic E-state index is 12.5. The van der Waals surface area contributed by atoms with Crippen LogP contribution in [-0.4, -0.2) is 78.3 Å². The van der Waals surface area contributed by atoms with Crippen molar-refractivity contribution in [3.05, 3.63) is 76.6 Å². The van der Waals surface area contributed by atoms with Gasteiger partial charge in [0.15, 0.2) is 11.6 Å². The van der Waals surface area contributed by atoms with Crippen LogP contribution < -0.4 is 21.8 Å². The molecule has 2 aromatic heterocycles. The van der Waals surface area contributed by atoms with E-state index < -0.39 is 12.2 Å². The average molecular weight is 829 g/mol. The van der Waals surface area contributed by atoms with Crippen LogP contribution in [0.5, 0.6) is 0 Å². The molecule has 12 nitrogen and oxygen atoms in total. The molecule has 4 N–H and O–H groups in total. The maximum atomic E-state index is 12.5. The van der Waals surface area contributed by atoms with E-state index in [4.69, 9.17) is 23.2 Å². The second kappa shape index (κ2) is 16.4. The van der Waals surface area contributed by atoms with Crippen LogP contribution in [0.1, 0.15) is 38.5 Å². The van der Waals surface area contributed by atoms with Crippen LogP contribution in [0.15, 0.2) is 55.5 Å². The SMILES string of the molecule is O=C(C[C@@H]1NCCC[C@H]1O)Cn1cnc2cc(Br)c(Cl)cc2c1=O.O=C(C[C@H]1NCCCC1O)Cn1cnc2cc(Br)c(Cl)cc2c1=O. The van der Waals surface area contributed by atoms with Crippen molar-refractivity contribution in [2.75, 3.05) is 13.1 Å². The molecule has 0 saturated carbocycles. The van der Waals surface area contributed by atoms with Crippen LogP contribution in [0.3, 0.4) is 0 Å². The van der Waals surface area contributed by atoms with Gasteiger partial charge in [0.05, 0.1) is 69.8 Å². The molecular weight excluding hydrogens is 795 g/mol. The molecule has 0 bridgehead atoms. The number of aliphatic hydroxyl groups excluding tert-OH is 2. The molecule has 0 spiro atoms. The third kappa shape index (κ3) is 8.96. The number of nitrogens with one attached hydrogen (secondary N) is 2. The fourth-order valence-electron chi connectivity index (χ4n) is 5.82. The number of aromatic nitrogens is 4. The molecule has 16 heteroatoms. The van der Waals surface area contributed by atoms with Crippen molar-refractivity contribution in [2.45, 2.75) is 75.9 Å². The summed E-state index contributed by atoms with van der Waals surface area (Å²) in [6.07, 6.45) is 5.24. The van der Waals surface area contributed by atoms with Gasteiger partial charge in [0.1, 0.15) is 0 Å². The van der Waals surface area contributed by atoms with Crippen LogP contribution in [0.2, 0.25) is 10.0 Å². The number of carbonyl (C=O) groups is 2. The van der Waals surface area contributed by atoms with E-state index in [0.717, 1.165) is 25.9 Å². The van der Waals surface area contributed by atoms with Crippen LogP contribution in [0.25, 0.3) is 21.8 Å². The monoisotopic (exact) mass is 826 g/mol. The Morgan fingerprint density at radius 3 is 1.52 bits per heavy atom. The van der Waals surface area contributed by atoms with Crippen molar-refractivity contribution < 1.29 is 19.8 Å². The molecule has 0 amide bonds. The Kier molecular flexibility index (Phi) is 12.6. The summed E-state index contributed by atoms with van der Waals surface area (Å²) < 4.78 is 3.89. The second-order valence-corrected chi connectivity index (χ2v) is 14.5. The lowest BCUT2D eigenvalue weighted by Crippen LogP contribution is -2.46. The predicted molar refractivity (Wildman–Crippen MR) is 191 cm³/mol. The number of piperidine rings is 2. The summed E-state index contributed by atoms with van der Waals surface area (Å²) in [5, 5.41) is 27.7. The number of hydrogen-bond acceptors (Lipinski definition) is 10. The number of fused-ring (bicyclic) bond motifs is 2. The Labute approximate surface area is 302 Å². The highest BCUT2D eigenvalue weighted by Gasteiger charge is 2.26. The molecule has 1 unspecified atom stereocenters. The van der Waals surface area contributed by atoms with Gasteiger partial charge < -0.3 is 20.8 Å². The molecule has 4 atom stereocenters.